The van der Waals surface area contributed by atoms with Gasteiger partial charge in [-0.1, -0.05) is 0 Å². The van der Waals surface area contributed by atoms with Crippen molar-refractivity contribution in [2.45, 2.75) is 0 Å². The Morgan fingerprint density at radius 1 is 1.33 bits per heavy atom. The third-order valence-corrected chi connectivity index (χ3v) is 0.537. The molecule has 0 rings (SSSR count). The van der Waals surface area contributed by atoms with Gasteiger partial charge in [0.25, 0.3) is 5.78 Å². The zero-order valence-corrected chi connectivity index (χ0v) is 4.40. The Hall–Kier alpha value is -1.45. The molecule has 0 saturated heterocycles. The SMILES string of the molecule is O=C/C=C/C(=O)C(=O)O. The number of carboxylic acids is 1. The van der Waals surface area contributed by atoms with Crippen LogP contribution in [0.3, 0.4) is 0 Å². The number of ketones is 1. The summed E-state index contributed by atoms with van der Waals surface area (Å²) in [5.74, 6) is -2.66. The molecule has 1 N–H and O–H groups in total. The average Bonchev–Trinajstić information content (AvgIpc) is 1.82. The second kappa shape index (κ2) is 3.54. The zero-order valence-electron chi connectivity index (χ0n) is 4.40. The summed E-state index contributed by atoms with van der Waals surface area (Å²) in [7, 11) is 0. The molecule has 0 aliphatic rings. The van der Waals surface area contributed by atoms with Crippen LogP contribution >= 0.6 is 0 Å². The average molecular weight is 128 g/mol. The first-order valence-electron chi connectivity index (χ1n) is 2.07. The van der Waals surface area contributed by atoms with Gasteiger partial charge in [-0.15, -0.1) is 0 Å². The highest BCUT2D eigenvalue weighted by atomic mass is 16.4. The molecule has 0 amide bonds. The molecule has 0 aliphatic carbocycles. The van der Waals surface area contributed by atoms with Gasteiger partial charge in [-0.3, -0.25) is 9.59 Å². The molecule has 0 aliphatic heterocycles. The van der Waals surface area contributed by atoms with Gasteiger partial charge >= 0.3 is 5.97 Å². The van der Waals surface area contributed by atoms with Gasteiger partial charge in [0.1, 0.15) is 6.29 Å². The van der Waals surface area contributed by atoms with Crippen LogP contribution in [-0.4, -0.2) is 23.1 Å². The standard InChI is InChI=1S/C5H4O4/c6-3-1-2-4(7)5(8)9/h1-3H,(H,8,9)/b2-1+. The second-order valence-corrected chi connectivity index (χ2v) is 1.16. The molecule has 4 nitrogen and oxygen atoms in total. The molecule has 0 aromatic heterocycles. The summed E-state index contributed by atoms with van der Waals surface area (Å²) in [4.78, 5) is 29.2. The van der Waals surface area contributed by atoms with Crippen molar-refractivity contribution < 1.29 is 19.5 Å². The number of carboxylic acid groups (broad SMARTS) is 1. The Morgan fingerprint density at radius 3 is 2.22 bits per heavy atom. The molecule has 0 radical (unpaired) electrons. The zero-order chi connectivity index (χ0) is 7.28. The van der Waals surface area contributed by atoms with E-state index in [0.717, 1.165) is 6.08 Å². The van der Waals surface area contributed by atoms with E-state index < -0.39 is 11.8 Å². The lowest BCUT2D eigenvalue weighted by Gasteiger charge is -1.77. The predicted molar refractivity (Wildman–Crippen MR) is 27.8 cm³/mol. The molecular weight excluding hydrogens is 124 g/mol. The molecule has 0 saturated carbocycles. The van der Waals surface area contributed by atoms with E-state index in [1.54, 1.807) is 0 Å². The van der Waals surface area contributed by atoms with Crippen LogP contribution < -0.4 is 0 Å². The number of aliphatic carboxylic acids is 1. The summed E-state index contributed by atoms with van der Waals surface area (Å²) in [6.07, 6.45) is 1.85. The van der Waals surface area contributed by atoms with Crippen LogP contribution in [0.15, 0.2) is 12.2 Å². The minimum Gasteiger partial charge on any atom is -0.475 e. The number of rotatable bonds is 3. The Balaban J connectivity index is 3.92. The molecule has 0 aromatic carbocycles. The van der Waals surface area contributed by atoms with Crippen molar-refractivity contribution in [3.63, 3.8) is 0 Å². The highest BCUT2D eigenvalue weighted by Gasteiger charge is 2.04. The van der Waals surface area contributed by atoms with Gasteiger partial charge in [-0.2, -0.15) is 0 Å². The summed E-state index contributed by atoms with van der Waals surface area (Å²) >= 11 is 0. The van der Waals surface area contributed by atoms with Crippen LogP contribution in [0.5, 0.6) is 0 Å². The van der Waals surface area contributed by atoms with Crippen LogP contribution in [0.25, 0.3) is 0 Å². The number of hydrogen-bond donors (Lipinski definition) is 1. The first-order chi connectivity index (χ1) is 4.18. The van der Waals surface area contributed by atoms with Crippen molar-refractivity contribution in [1.82, 2.24) is 0 Å². The molecule has 0 heterocycles. The minimum absolute atomic E-state index is 0.334. The van der Waals surface area contributed by atoms with E-state index in [1.165, 1.54) is 0 Å². The Bertz CT molecular complexity index is 168. The van der Waals surface area contributed by atoms with E-state index in [0.29, 0.717) is 12.4 Å². The van der Waals surface area contributed by atoms with Crippen molar-refractivity contribution in [2.24, 2.45) is 0 Å². The lowest BCUT2D eigenvalue weighted by Crippen LogP contribution is -2.08. The van der Waals surface area contributed by atoms with Gasteiger partial charge in [-0.25, -0.2) is 4.79 Å². The van der Waals surface area contributed by atoms with E-state index >= 15 is 0 Å². The quantitative estimate of drug-likeness (QED) is 0.313. The van der Waals surface area contributed by atoms with Gasteiger partial charge < -0.3 is 5.11 Å². The van der Waals surface area contributed by atoms with Crippen LogP contribution in [-0.2, 0) is 14.4 Å². The van der Waals surface area contributed by atoms with Gasteiger partial charge in [0.15, 0.2) is 0 Å². The van der Waals surface area contributed by atoms with E-state index in [1.807, 2.05) is 0 Å². The molecule has 0 atom stereocenters. The predicted octanol–water partition coefficient (Wildman–Crippen LogP) is -0.605. The third kappa shape index (κ3) is 3.16. The summed E-state index contributed by atoms with van der Waals surface area (Å²) in [6.45, 7) is 0. The smallest absolute Gasteiger partial charge is 0.376 e. The fourth-order valence-electron chi connectivity index (χ4n) is 0.198. The molecule has 0 unspecified atom stereocenters. The number of allylic oxidation sites excluding steroid dienone is 1. The van der Waals surface area contributed by atoms with Crippen LogP contribution in [0.4, 0.5) is 0 Å². The molecule has 0 bridgehead atoms. The molecule has 9 heavy (non-hydrogen) atoms. The summed E-state index contributed by atoms with van der Waals surface area (Å²) < 4.78 is 0. The number of hydrogen-bond acceptors (Lipinski definition) is 3. The number of carbonyl (C=O) groups is 3. The monoisotopic (exact) mass is 128 g/mol. The molecule has 48 valence electrons. The van der Waals surface area contributed by atoms with Gasteiger partial charge in [0.2, 0.25) is 0 Å². The van der Waals surface area contributed by atoms with Gasteiger partial charge in [0.05, 0.1) is 0 Å². The topological polar surface area (TPSA) is 71.4 Å². The van der Waals surface area contributed by atoms with Crippen LogP contribution in [0, 0.1) is 0 Å². The minimum atomic E-state index is -1.56. The summed E-state index contributed by atoms with van der Waals surface area (Å²) in [5.41, 5.74) is 0. The first kappa shape index (κ1) is 7.55. The fraction of sp³-hybridized carbons (Fsp3) is 0. The maximum Gasteiger partial charge on any atom is 0.376 e. The van der Waals surface area contributed by atoms with Crippen molar-refractivity contribution in [3.05, 3.63) is 12.2 Å². The molecular formula is C5H4O4. The Kier molecular flexibility index (Phi) is 2.97. The van der Waals surface area contributed by atoms with E-state index in [-0.39, 0.29) is 0 Å². The number of aldehydes is 1. The van der Waals surface area contributed by atoms with E-state index in [9.17, 15) is 14.4 Å². The Labute approximate surface area is 50.8 Å². The first-order valence-corrected chi connectivity index (χ1v) is 2.07. The van der Waals surface area contributed by atoms with Crippen molar-refractivity contribution in [1.29, 1.82) is 0 Å². The molecule has 0 aromatic rings. The third-order valence-electron chi connectivity index (χ3n) is 0.537. The molecule has 0 spiro atoms. The fourth-order valence-corrected chi connectivity index (χ4v) is 0.198. The Morgan fingerprint density at radius 2 is 1.89 bits per heavy atom. The highest BCUT2D eigenvalue weighted by molar-refractivity contribution is 6.37. The molecule has 4 heteroatoms. The summed E-state index contributed by atoms with van der Waals surface area (Å²) in [5, 5.41) is 7.89. The van der Waals surface area contributed by atoms with Gasteiger partial charge in [0, 0.05) is 0 Å². The van der Waals surface area contributed by atoms with E-state index in [4.69, 9.17) is 5.11 Å². The van der Waals surface area contributed by atoms with Crippen LogP contribution in [0.1, 0.15) is 0 Å². The molecule has 0 fully saturated rings. The lowest BCUT2D eigenvalue weighted by atomic mass is 10.4. The van der Waals surface area contributed by atoms with E-state index in [2.05, 4.69) is 0 Å². The summed E-state index contributed by atoms with van der Waals surface area (Å²) in [6, 6.07) is 0. The number of carbonyl (C=O) groups excluding carboxylic acids is 2. The normalized spacial score (nSPS) is 9.33. The largest absolute Gasteiger partial charge is 0.475 e. The maximum absolute atomic E-state index is 10.1. The maximum atomic E-state index is 10.1. The lowest BCUT2D eigenvalue weighted by molar-refractivity contribution is -0.146. The highest BCUT2D eigenvalue weighted by Crippen LogP contribution is 1.73. The van der Waals surface area contributed by atoms with Crippen molar-refractivity contribution >= 4 is 18.0 Å². The van der Waals surface area contributed by atoms with Crippen molar-refractivity contribution in [3.8, 4) is 0 Å². The second-order valence-electron chi connectivity index (χ2n) is 1.16. The van der Waals surface area contributed by atoms with Crippen molar-refractivity contribution in [2.75, 3.05) is 0 Å². The van der Waals surface area contributed by atoms with Gasteiger partial charge in [-0.05, 0) is 12.2 Å². The van der Waals surface area contributed by atoms with Crippen LogP contribution in [0.2, 0.25) is 0 Å².